The molecule has 3 aliphatic carbocycles. The van der Waals surface area contributed by atoms with Crippen LogP contribution in [0, 0.1) is 23.2 Å². The summed E-state index contributed by atoms with van der Waals surface area (Å²) in [4.78, 5) is 0. The van der Waals surface area contributed by atoms with Gasteiger partial charge in [0.1, 0.15) is 5.75 Å². The molecule has 118 valence electrons. The van der Waals surface area contributed by atoms with E-state index in [-0.39, 0.29) is 0 Å². The first-order chi connectivity index (χ1) is 10.5. The molecule has 0 aliphatic heterocycles. The highest BCUT2D eigenvalue weighted by Crippen LogP contribution is 2.64. The average Bonchev–Trinajstić information content (AvgIpc) is 2.82. The fourth-order valence-corrected chi connectivity index (χ4v) is 6.38. The maximum atomic E-state index is 9.79. The summed E-state index contributed by atoms with van der Waals surface area (Å²) in [6.45, 7) is 9.45. The van der Waals surface area contributed by atoms with E-state index in [1.807, 2.05) is 12.1 Å². The standard InChI is InChI=1S/C21H28O/c1-4-15-6-10-19-18-8-5-14-11-16(22)7-9-17(14)20(18)13(2)12-21(15,19)3/h7,9,11,15,18-20,22H,2,4-6,8,10,12H2,1,3H3/t15-,18-,19-,20+,21+/m0/s1. The molecule has 5 atom stereocenters. The van der Waals surface area contributed by atoms with Gasteiger partial charge in [0, 0.05) is 5.92 Å². The lowest BCUT2D eigenvalue weighted by molar-refractivity contribution is 0.0581. The van der Waals surface area contributed by atoms with Crippen molar-refractivity contribution in [1.29, 1.82) is 0 Å². The molecule has 1 heteroatoms. The number of aromatic hydroxyl groups is 1. The second-order valence-electron chi connectivity index (χ2n) is 8.19. The van der Waals surface area contributed by atoms with Gasteiger partial charge in [0.05, 0.1) is 0 Å². The van der Waals surface area contributed by atoms with Crippen molar-refractivity contribution in [2.24, 2.45) is 23.2 Å². The Bertz CT molecular complexity index is 616. The molecule has 0 unspecified atom stereocenters. The summed E-state index contributed by atoms with van der Waals surface area (Å²) >= 11 is 0. The maximum absolute atomic E-state index is 9.79. The third-order valence-electron chi connectivity index (χ3n) is 7.30. The molecule has 0 radical (unpaired) electrons. The molecule has 4 rings (SSSR count). The maximum Gasteiger partial charge on any atom is 0.115 e. The van der Waals surface area contributed by atoms with E-state index in [1.54, 1.807) is 0 Å². The van der Waals surface area contributed by atoms with Crippen molar-refractivity contribution in [2.45, 2.75) is 58.3 Å². The third kappa shape index (κ3) is 1.84. The van der Waals surface area contributed by atoms with E-state index in [0.29, 0.717) is 17.1 Å². The number of phenols is 1. The van der Waals surface area contributed by atoms with Crippen molar-refractivity contribution < 1.29 is 5.11 Å². The van der Waals surface area contributed by atoms with Gasteiger partial charge in [-0.1, -0.05) is 38.5 Å². The molecular formula is C21H28O. The van der Waals surface area contributed by atoms with Gasteiger partial charge >= 0.3 is 0 Å². The molecule has 2 saturated carbocycles. The van der Waals surface area contributed by atoms with E-state index >= 15 is 0 Å². The summed E-state index contributed by atoms with van der Waals surface area (Å²) in [5, 5.41) is 9.79. The molecule has 1 aromatic rings. The number of aryl methyl sites for hydroxylation is 1. The van der Waals surface area contributed by atoms with Crippen LogP contribution in [0.3, 0.4) is 0 Å². The number of benzene rings is 1. The van der Waals surface area contributed by atoms with Gasteiger partial charge in [-0.2, -0.15) is 0 Å². The summed E-state index contributed by atoms with van der Waals surface area (Å²) in [7, 11) is 0. The van der Waals surface area contributed by atoms with Gasteiger partial charge < -0.3 is 5.11 Å². The molecule has 1 N–H and O–H groups in total. The van der Waals surface area contributed by atoms with Crippen molar-refractivity contribution in [2.75, 3.05) is 0 Å². The Morgan fingerprint density at radius 3 is 2.86 bits per heavy atom. The number of rotatable bonds is 1. The first-order valence-electron chi connectivity index (χ1n) is 9.04. The minimum atomic E-state index is 0.412. The van der Waals surface area contributed by atoms with Gasteiger partial charge in [0.15, 0.2) is 0 Å². The van der Waals surface area contributed by atoms with Gasteiger partial charge in [-0.05, 0) is 78.5 Å². The molecule has 0 bridgehead atoms. The molecule has 1 nitrogen and oxygen atoms in total. The first kappa shape index (κ1) is 14.4. The summed E-state index contributed by atoms with van der Waals surface area (Å²) < 4.78 is 0. The summed E-state index contributed by atoms with van der Waals surface area (Å²) in [6.07, 6.45) is 7.76. The zero-order valence-electron chi connectivity index (χ0n) is 13.9. The smallest absolute Gasteiger partial charge is 0.115 e. The van der Waals surface area contributed by atoms with Gasteiger partial charge in [-0.3, -0.25) is 0 Å². The zero-order chi connectivity index (χ0) is 15.5. The van der Waals surface area contributed by atoms with Crippen LogP contribution < -0.4 is 0 Å². The summed E-state index contributed by atoms with van der Waals surface area (Å²) in [5.74, 6) is 3.49. The zero-order valence-corrected chi connectivity index (χ0v) is 13.9. The number of fused-ring (bicyclic) bond motifs is 5. The summed E-state index contributed by atoms with van der Waals surface area (Å²) in [5.41, 5.74) is 4.76. The van der Waals surface area contributed by atoms with Crippen molar-refractivity contribution in [3.8, 4) is 5.75 Å². The molecule has 0 aromatic heterocycles. The van der Waals surface area contributed by atoms with Gasteiger partial charge in [-0.25, -0.2) is 0 Å². The molecule has 1 aromatic carbocycles. The number of phenolic OH excluding ortho intramolecular Hbond substituents is 1. The van der Waals surface area contributed by atoms with E-state index in [0.717, 1.165) is 24.2 Å². The quantitative estimate of drug-likeness (QED) is 0.684. The Morgan fingerprint density at radius 1 is 1.27 bits per heavy atom. The van der Waals surface area contributed by atoms with Crippen LogP contribution in [0.1, 0.15) is 63.0 Å². The molecule has 0 heterocycles. The van der Waals surface area contributed by atoms with Crippen LogP contribution >= 0.6 is 0 Å². The van der Waals surface area contributed by atoms with Crippen LogP contribution in [0.5, 0.6) is 5.75 Å². The molecule has 0 spiro atoms. The Hall–Kier alpha value is -1.24. The monoisotopic (exact) mass is 296 g/mol. The second kappa shape index (κ2) is 4.88. The van der Waals surface area contributed by atoms with E-state index < -0.39 is 0 Å². The van der Waals surface area contributed by atoms with Gasteiger partial charge in [0.25, 0.3) is 0 Å². The molecule has 3 aliphatic rings. The Balaban J connectivity index is 1.75. The highest BCUT2D eigenvalue weighted by Gasteiger charge is 2.55. The van der Waals surface area contributed by atoms with Crippen LogP contribution in [0.15, 0.2) is 30.4 Å². The topological polar surface area (TPSA) is 20.2 Å². The average molecular weight is 296 g/mol. The highest BCUT2D eigenvalue weighted by molar-refractivity contribution is 5.44. The first-order valence-corrected chi connectivity index (χ1v) is 9.04. The van der Waals surface area contributed by atoms with E-state index in [1.165, 1.54) is 48.8 Å². The minimum absolute atomic E-state index is 0.412. The lowest BCUT2D eigenvalue weighted by Gasteiger charge is -2.52. The van der Waals surface area contributed by atoms with E-state index in [4.69, 9.17) is 0 Å². The second-order valence-corrected chi connectivity index (χ2v) is 8.19. The number of hydrogen-bond acceptors (Lipinski definition) is 1. The molecule has 0 amide bonds. The van der Waals surface area contributed by atoms with Crippen molar-refractivity contribution in [3.05, 3.63) is 41.5 Å². The van der Waals surface area contributed by atoms with E-state index in [9.17, 15) is 5.11 Å². The molecule has 22 heavy (non-hydrogen) atoms. The van der Waals surface area contributed by atoms with Crippen LogP contribution in [0.2, 0.25) is 0 Å². The highest BCUT2D eigenvalue weighted by atomic mass is 16.3. The molecule has 2 fully saturated rings. The van der Waals surface area contributed by atoms with Crippen LogP contribution in [0.4, 0.5) is 0 Å². The Morgan fingerprint density at radius 2 is 2.09 bits per heavy atom. The summed E-state index contributed by atoms with van der Waals surface area (Å²) in [6, 6.07) is 6.02. The van der Waals surface area contributed by atoms with Crippen LogP contribution in [-0.4, -0.2) is 5.11 Å². The predicted molar refractivity (Wildman–Crippen MR) is 91.0 cm³/mol. The third-order valence-corrected chi connectivity index (χ3v) is 7.30. The molecular weight excluding hydrogens is 268 g/mol. The minimum Gasteiger partial charge on any atom is -0.508 e. The van der Waals surface area contributed by atoms with E-state index in [2.05, 4.69) is 26.5 Å². The van der Waals surface area contributed by atoms with Crippen molar-refractivity contribution >= 4 is 0 Å². The molecule has 0 saturated heterocycles. The number of allylic oxidation sites excluding steroid dienone is 1. The fraction of sp³-hybridized carbons (Fsp3) is 0.619. The lowest BCUT2D eigenvalue weighted by atomic mass is 9.52. The predicted octanol–water partition coefficient (Wildman–Crippen LogP) is 5.44. The van der Waals surface area contributed by atoms with Crippen molar-refractivity contribution in [1.82, 2.24) is 0 Å². The Labute approximate surface area is 134 Å². The normalized spacial score (nSPS) is 40.0. The van der Waals surface area contributed by atoms with Crippen LogP contribution in [0.25, 0.3) is 0 Å². The van der Waals surface area contributed by atoms with Crippen LogP contribution in [-0.2, 0) is 6.42 Å². The van der Waals surface area contributed by atoms with Crippen molar-refractivity contribution in [3.63, 3.8) is 0 Å². The van der Waals surface area contributed by atoms with Gasteiger partial charge in [-0.15, -0.1) is 0 Å². The number of hydrogen-bond donors (Lipinski definition) is 1. The lowest BCUT2D eigenvalue weighted by Crippen LogP contribution is -2.43. The van der Waals surface area contributed by atoms with Gasteiger partial charge in [0.2, 0.25) is 0 Å². The Kier molecular flexibility index (Phi) is 3.18. The fourth-order valence-electron chi connectivity index (χ4n) is 6.38. The SMILES string of the molecule is C=C1C[C@]2(C)[C@@H](CC)CC[C@H]2[C@@H]2CCc3cc(O)ccc3[C@@H]12. The largest absolute Gasteiger partial charge is 0.508 e.